The molecule has 0 aromatic heterocycles. The Morgan fingerprint density at radius 3 is 2.85 bits per heavy atom. The number of aliphatic hydroxyl groups is 1. The van der Waals surface area contributed by atoms with Crippen molar-refractivity contribution in [2.24, 2.45) is 5.92 Å². The number of rotatable bonds is 1. The van der Waals surface area contributed by atoms with E-state index in [9.17, 15) is 5.11 Å². The molecule has 2 heterocycles. The Balaban J connectivity index is 2.05. The summed E-state index contributed by atoms with van der Waals surface area (Å²) in [5, 5.41) is 9.27. The zero-order chi connectivity index (χ0) is 9.26. The molecule has 0 bridgehead atoms. The van der Waals surface area contributed by atoms with Crippen molar-refractivity contribution in [1.29, 1.82) is 0 Å². The second-order valence-corrected chi connectivity index (χ2v) is 4.69. The SMILES string of the molecule is C[C@@H]1CC[C@@H](CO)N2CCCC[C@@H]12. The summed E-state index contributed by atoms with van der Waals surface area (Å²) in [6.45, 7) is 3.96. The van der Waals surface area contributed by atoms with Gasteiger partial charge in [0.2, 0.25) is 0 Å². The molecule has 0 amide bonds. The number of aliphatic hydroxyl groups excluding tert-OH is 1. The van der Waals surface area contributed by atoms with Crippen molar-refractivity contribution in [2.75, 3.05) is 13.2 Å². The van der Waals surface area contributed by atoms with E-state index in [1.807, 2.05) is 0 Å². The smallest absolute Gasteiger partial charge is 0.0586 e. The van der Waals surface area contributed by atoms with Crippen LogP contribution in [0.3, 0.4) is 0 Å². The molecule has 2 aliphatic heterocycles. The van der Waals surface area contributed by atoms with Gasteiger partial charge in [0.05, 0.1) is 6.61 Å². The summed E-state index contributed by atoms with van der Waals surface area (Å²) in [5.74, 6) is 0.850. The molecule has 0 saturated carbocycles. The quantitative estimate of drug-likeness (QED) is 0.668. The van der Waals surface area contributed by atoms with Crippen LogP contribution in [0, 0.1) is 5.92 Å². The lowest BCUT2D eigenvalue weighted by Gasteiger charge is -2.47. The molecule has 3 atom stereocenters. The van der Waals surface area contributed by atoms with Crippen molar-refractivity contribution in [1.82, 2.24) is 4.90 Å². The number of piperidine rings is 2. The average Bonchev–Trinajstić information content (AvgIpc) is 2.19. The van der Waals surface area contributed by atoms with E-state index in [1.54, 1.807) is 0 Å². The molecule has 0 radical (unpaired) electrons. The van der Waals surface area contributed by atoms with Crippen molar-refractivity contribution in [3.05, 3.63) is 0 Å². The van der Waals surface area contributed by atoms with Gasteiger partial charge in [-0.2, -0.15) is 0 Å². The third kappa shape index (κ3) is 1.75. The van der Waals surface area contributed by atoms with Crippen LogP contribution in [0.15, 0.2) is 0 Å². The average molecular weight is 183 g/mol. The highest BCUT2D eigenvalue weighted by molar-refractivity contribution is 4.90. The number of nitrogens with zero attached hydrogens (tertiary/aromatic N) is 1. The van der Waals surface area contributed by atoms with Crippen LogP contribution in [0.25, 0.3) is 0 Å². The zero-order valence-electron chi connectivity index (χ0n) is 8.58. The fraction of sp³-hybridized carbons (Fsp3) is 1.00. The van der Waals surface area contributed by atoms with E-state index in [0.29, 0.717) is 12.6 Å². The summed E-state index contributed by atoms with van der Waals surface area (Å²) < 4.78 is 0. The Labute approximate surface area is 80.9 Å². The minimum Gasteiger partial charge on any atom is -0.395 e. The molecule has 76 valence electrons. The minimum atomic E-state index is 0.364. The van der Waals surface area contributed by atoms with Crippen LogP contribution < -0.4 is 0 Å². The molecular formula is C11H21NO. The number of hydrogen-bond acceptors (Lipinski definition) is 2. The van der Waals surface area contributed by atoms with Gasteiger partial charge in [0.1, 0.15) is 0 Å². The normalized spacial score (nSPS) is 41.5. The van der Waals surface area contributed by atoms with E-state index >= 15 is 0 Å². The maximum atomic E-state index is 9.27. The highest BCUT2D eigenvalue weighted by atomic mass is 16.3. The van der Waals surface area contributed by atoms with E-state index in [4.69, 9.17) is 0 Å². The summed E-state index contributed by atoms with van der Waals surface area (Å²) in [4.78, 5) is 2.57. The molecule has 0 unspecified atom stereocenters. The van der Waals surface area contributed by atoms with Gasteiger partial charge < -0.3 is 5.11 Å². The van der Waals surface area contributed by atoms with E-state index in [-0.39, 0.29) is 0 Å². The van der Waals surface area contributed by atoms with Gasteiger partial charge in [-0.05, 0) is 38.1 Å². The molecule has 2 heteroatoms. The Kier molecular flexibility index (Phi) is 2.89. The van der Waals surface area contributed by atoms with E-state index in [1.165, 1.54) is 38.6 Å². The van der Waals surface area contributed by atoms with Crippen molar-refractivity contribution in [2.45, 2.75) is 51.1 Å². The standard InChI is InChI=1S/C11H21NO/c1-9-5-6-10(8-13)12-7-3-2-4-11(9)12/h9-11,13H,2-8H2,1H3/t9-,10+,11+/m1/s1. The fourth-order valence-electron chi connectivity index (χ4n) is 3.05. The number of fused-ring (bicyclic) bond motifs is 1. The molecule has 2 fully saturated rings. The lowest BCUT2D eigenvalue weighted by atomic mass is 9.82. The molecule has 2 saturated heterocycles. The first-order valence-electron chi connectivity index (χ1n) is 5.69. The molecule has 2 rings (SSSR count). The van der Waals surface area contributed by atoms with E-state index in [2.05, 4.69) is 11.8 Å². The van der Waals surface area contributed by atoms with Crippen LogP contribution in [0.2, 0.25) is 0 Å². The summed E-state index contributed by atoms with van der Waals surface area (Å²) >= 11 is 0. The monoisotopic (exact) mass is 183 g/mol. The summed E-state index contributed by atoms with van der Waals surface area (Å²) in [7, 11) is 0. The molecule has 1 N–H and O–H groups in total. The van der Waals surface area contributed by atoms with Crippen molar-refractivity contribution in [3.63, 3.8) is 0 Å². The molecule has 0 aromatic rings. The fourth-order valence-corrected chi connectivity index (χ4v) is 3.05. The third-order valence-corrected chi connectivity index (χ3v) is 3.88. The Hall–Kier alpha value is -0.0800. The van der Waals surface area contributed by atoms with Crippen LogP contribution in [0.4, 0.5) is 0 Å². The third-order valence-electron chi connectivity index (χ3n) is 3.88. The maximum Gasteiger partial charge on any atom is 0.0586 e. The Morgan fingerprint density at radius 2 is 2.08 bits per heavy atom. The maximum absolute atomic E-state index is 9.27. The van der Waals surface area contributed by atoms with Gasteiger partial charge in [0.25, 0.3) is 0 Å². The van der Waals surface area contributed by atoms with E-state index in [0.717, 1.165) is 12.0 Å². The van der Waals surface area contributed by atoms with Crippen LogP contribution in [0.5, 0.6) is 0 Å². The van der Waals surface area contributed by atoms with Gasteiger partial charge in [-0.1, -0.05) is 13.3 Å². The van der Waals surface area contributed by atoms with Crippen molar-refractivity contribution >= 4 is 0 Å². The van der Waals surface area contributed by atoms with Gasteiger partial charge in [0.15, 0.2) is 0 Å². The van der Waals surface area contributed by atoms with Crippen molar-refractivity contribution < 1.29 is 5.11 Å². The Morgan fingerprint density at radius 1 is 1.23 bits per heavy atom. The highest BCUT2D eigenvalue weighted by Crippen LogP contribution is 2.33. The predicted molar refractivity (Wildman–Crippen MR) is 53.6 cm³/mol. The van der Waals surface area contributed by atoms with Crippen LogP contribution in [0.1, 0.15) is 39.0 Å². The first kappa shape index (κ1) is 9.47. The number of hydrogen-bond donors (Lipinski definition) is 1. The molecular weight excluding hydrogens is 162 g/mol. The topological polar surface area (TPSA) is 23.5 Å². The van der Waals surface area contributed by atoms with Crippen LogP contribution in [-0.4, -0.2) is 35.2 Å². The molecule has 2 aliphatic rings. The predicted octanol–water partition coefficient (Wildman–Crippen LogP) is 1.63. The van der Waals surface area contributed by atoms with Gasteiger partial charge in [-0.25, -0.2) is 0 Å². The van der Waals surface area contributed by atoms with Gasteiger partial charge in [-0.3, -0.25) is 4.90 Å². The summed E-state index contributed by atoms with van der Waals surface area (Å²) in [6.07, 6.45) is 6.60. The lowest BCUT2D eigenvalue weighted by molar-refractivity contribution is -0.00581. The summed E-state index contributed by atoms with van der Waals surface area (Å²) in [5.41, 5.74) is 0. The lowest BCUT2D eigenvalue weighted by Crippen LogP contribution is -2.53. The molecule has 2 nitrogen and oxygen atoms in total. The van der Waals surface area contributed by atoms with E-state index < -0.39 is 0 Å². The zero-order valence-corrected chi connectivity index (χ0v) is 8.58. The largest absolute Gasteiger partial charge is 0.395 e. The molecule has 0 spiro atoms. The summed E-state index contributed by atoms with van der Waals surface area (Å²) in [6, 6.07) is 1.25. The molecule has 0 aliphatic carbocycles. The first-order chi connectivity index (χ1) is 6.33. The minimum absolute atomic E-state index is 0.364. The van der Waals surface area contributed by atoms with Crippen molar-refractivity contribution in [3.8, 4) is 0 Å². The molecule has 0 aromatic carbocycles. The van der Waals surface area contributed by atoms with Gasteiger partial charge in [0, 0.05) is 12.1 Å². The second kappa shape index (κ2) is 3.97. The molecule has 13 heavy (non-hydrogen) atoms. The van der Waals surface area contributed by atoms with Crippen LogP contribution in [-0.2, 0) is 0 Å². The van der Waals surface area contributed by atoms with Gasteiger partial charge >= 0.3 is 0 Å². The van der Waals surface area contributed by atoms with Gasteiger partial charge in [-0.15, -0.1) is 0 Å². The second-order valence-electron chi connectivity index (χ2n) is 4.69. The highest BCUT2D eigenvalue weighted by Gasteiger charge is 2.35. The van der Waals surface area contributed by atoms with Crippen LogP contribution >= 0.6 is 0 Å². The first-order valence-corrected chi connectivity index (χ1v) is 5.69. The Bertz CT molecular complexity index is 171.